The highest BCUT2D eigenvalue weighted by Gasteiger charge is 2.21. The third-order valence-electron chi connectivity index (χ3n) is 3.83. The van der Waals surface area contributed by atoms with E-state index in [-0.39, 0.29) is 24.3 Å². The zero-order chi connectivity index (χ0) is 19.6. The van der Waals surface area contributed by atoms with E-state index in [1.165, 1.54) is 6.26 Å². The smallest absolute Gasteiger partial charge is 0.234 e. The molecule has 0 aromatic heterocycles. The number of carbonyl (C=O) groups is 1. The Hall–Kier alpha value is -1.39. The van der Waals surface area contributed by atoms with Crippen molar-refractivity contribution in [2.75, 3.05) is 71.5 Å². The van der Waals surface area contributed by atoms with Crippen LogP contribution < -0.4 is 10.6 Å². The van der Waals surface area contributed by atoms with E-state index in [1.807, 2.05) is 13.8 Å². The van der Waals surface area contributed by atoms with Crippen LogP contribution in [-0.4, -0.2) is 108 Å². The summed E-state index contributed by atoms with van der Waals surface area (Å²) in [5.74, 6) is 0.888. The molecule has 1 saturated heterocycles. The van der Waals surface area contributed by atoms with Crippen LogP contribution >= 0.6 is 0 Å². The van der Waals surface area contributed by atoms with E-state index in [4.69, 9.17) is 4.74 Å². The van der Waals surface area contributed by atoms with Gasteiger partial charge in [-0.1, -0.05) is 0 Å². The van der Waals surface area contributed by atoms with Gasteiger partial charge in [0.2, 0.25) is 5.91 Å². The maximum atomic E-state index is 11.8. The fraction of sp³-hybridized carbons (Fsp3) is 0.875. The maximum Gasteiger partial charge on any atom is 0.234 e. The number of hydrogen-bond donors (Lipinski definition) is 2. The van der Waals surface area contributed by atoms with Crippen LogP contribution in [0.5, 0.6) is 0 Å². The lowest BCUT2D eigenvalue weighted by atomic mass is 10.3. The van der Waals surface area contributed by atoms with Gasteiger partial charge >= 0.3 is 0 Å². The number of guanidine groups is 1. The van der Waals surface area contributed by atoms with E-state index in [0.29, 0.717) is 19.7 Å². The lowest BCUT2D eigenvalue weighted by molar-refractivity contribution is -0.123. The summed E-state index contributed by atoms with van der Waals surface area (Å²) >= 11 is 0. The monoisotopic (exact) mass is 391 g/mol. The lowest BCUT2D eigenvalue weighted by Gasteiger charge is -2.36. The molecule has 2 N–H and O–H groups in total. The summed E-state index contributed by atoms with van der Waals surface area (Å²) in [6, 6.07) is 0.159. The van der Waals surface area contributed by atoms with Crippen molar-refractivity contribution in [3.05, 3.63) is 0 Å². The van der Waals surface area contributed by atoms with Crippen molar-refractivity contribution in [3.8, 4) is 0 Å². The first-order chi connectivity index (χ1) is 12.2. The Morgan fingerprint density at radius 2 is 1.85 bits per heavy atom. The van der Waals surface area contributed by atoms with Crippen molar-refractivity contribution in [1.82, 2.24) is 20.4 Å². The zero-order valence-corrected chi connectivity index (χ0v) is 17.1. The molecule has 0 spiro atoms. The van der Waals surface area contributed by atoms with Crippen LogP contribution in [0.15, 0.2) is 4.99 Å². The summed E-state index contributed by atoms with van der Waals surface area (Å²) < 4.78 is 27.4. The molecule has 0 unspecified atom stereocenters. The van der Waals surface area contributed by atoms with Crippen LogP contribution in [0, 0.1) is 0 Å². The summed E-state index contributed by atoms with van der Waals surface area (Å²) in [5.41, 5.74) is 0. The normalized spacial score (nSPS) is 16.8. The van der Waals surface area contributed by atoms with Gasteiger partial charge in [-0.25, -0.2) is 8.42 Å². The number of piperazine rings is 1. The van der Waals surface area contributed by atoms with Gasteiger partial charge in [-0.2, -0.15) is 0 Å². The first kappa shape index (κ1) is 22.7. The zero-order valence-electron chi connectivity index (χ0n) is 16.3. The molecular formula is C16H33N5O4S. The third-order valence-corrected chi connectivity index (χ3v) is 4.74. The highest BCUT2D eigenvalue weighted by Crippen LogP contribution is 2.02. The number of aliphatic imine (C=N–C) groups is 1. The van der Waals surface area contributed by atoms with Gasteiger partial charge in [-0.15, -0.1) is 0 Å². The summed E-state index contributed by atoms with van der Waals surface area (Å²) in [4.78, 5) is 20.4. The molecule has 0 aliphatic carbocycles. The van der Waals surface area contributed by atoms with Crippen LogP contribution in [0.4, 0.5) is 0 Å². The number of rotatable bonds is 9. The molecule has 0 saturated carbocycles. The number of carbonyl (C=O) groups excluding carboxylic acids is 1. The standard InChI is InChI=1S/C16H33N5O4S/c1-14(2)19-15(22)13-20-6-8-21(9-7-20)16(17-3)18-5-10-25-11-12-26(4,23)24/h14H,5-13H2,1-4H3,(H,17,18)(H,19,22). The average Bonchev–Trinajstić information content (AvgIpc) is 2.53. The molecule has 0 aromatic carbocycles. The van der Waals surface area contributed by atoms with Crippen LogP contribution in [-0.2, 0) is 19.4 Å². The molecule has 1 fully saturated rings. The lowest BCUT2D eigenvalue weighted by Crippen LogP contribution is -2.54. The Labute approximate surface area is 157 Å². The Kier molecular flexibility index (Phi) is 9.89. The van der Waals surface area contributed by atoms with E-state index in [0.717, 1.165) is 32.1 Å². The van der Waals surface area contributed by atoms with E-state index < -0.39 is 9.84 Å². The van der Waals surface area contributed by atoms with Crippen molar-refractivity contribution >= 4 is 21.7 Å². The third kappa shape index (κ3) is 9.93. The van der Waals surface area contributed by atoms with Crippen molar-refractivity contribution in [2.24, 2.45) is 4.99 Å². The minimum Gasteiger partial charge on any atom is -0.379 e. The van der Waals surface area contributed by atoms with Gasteiger partial charge in [-0.05, 0) is 13.8 Å². The molecule has 1 heterocycles. The molecule has 1 aliphatic heterocycles. The van der Waals surface area contributed by atoms with Gasteiger partial charge in [0.25, 0.3) is 0 Å². The van der Waals surface area contributed by atoms with E-state index in [2.05, 4.69) is 25.4 Å². The quantitative estimate of drug-likeness (QED) is 0.288. The van der Waals surface area contributed by atoms with Gasteiger partial charge in [0.15, 0.2) is 5.96 Å². The molecule has 1 aliphatic rings. The molecule has 0 bridgehead atoms. The largest absolute Gasteiger partial charge is 0.379 e. The van der Waals surface area contributed by atoms with Crippen LogP contribution in [0.25, 0.3) is 0 Å². The molecule has 1 rings (SSSR count). The number of nitrogens with one attached hydrogen (secondary N) is 2. The second-order valence-corrected chi connectivity index (χ2v) is 8.96. The second kappa shape index (κ2) is 11.3. The molecule has 0 aromatic rings. The van der Waals surface area contributed by atoms with E-state index in [1.54, 1.807) is 7.05 Å². The summed E-state index contributed by atoms with van der Waals surface area (Å²) in [6.07, 6.45) is 1.20. The number of nitrogens with zero attached hydrogens (tertiary/aromatic N) is 3. The predicted octanol–water partition coefficient (Wildman–Crippen LogP) is -1.23. The predicted molar refractivity (Wildman–Crippen MR) is 103 cm³/mol. The Morgan fingerprint density at radius 1 is 1.19 bits per heavy atom. The summed E-state index contributed by atoms with van der Waals surface area (Å²) in [7, 11) is -1.25. The SMILES string of the molecule is CN=C(NCCOCCS(C)(=O)=O)N1CCN(CC(=O)NC(C)C)CC1. The minimum atomic E-state index is -2.98. The Bertz CT molecular complexity index is 557. The van der Waals surface area contributed by atoms with E-state index in [9.17, 15) is 13.2 Å². The highest BCUT2D eigenvalue weighted by molar-refractivity contribution is 7.90. The average molecular weight is 392 g/mol. The van der Waals surface area contributed by atoms with Gasteiger partial charge < -0.3 is 20.3 Å². The number of ether oxygens (including phenoxy) is 1. The fourth-order valence-electron chi connectivity index (χ4n) is 2.57. The first-order valence-corrected chi connectivity index (χ1v) is 11.0. The molecule has 152 valence electrons. The fourth-order valence-corrected chi connectivity index (χ4v) is 2.99. The second-order valence-electron chi connectivity index (χ2n) is 6.70. The molecule has 10 heteroatoms. The molecule has 26 heavy (non-hydrogen) atoms. The topological polar surface area (TPSA) is 103 Å². The Morgan fingerprint density at radius 3 is 2.38 bits per heavy atom. The van der Waals surface area contributed by atoms with Gasteiger partial charge in [0.1, 0.15) is 9.84 Å². The van der Waals surface area contributed by atoms with Gasteiger partial charge in [0.05, 0.1) is 25.5 Å². The maximum absolute atomic E-state index is 11.8. The van der Waals surface area contributed by atoms with Crippen LogP contribution in [0.3, 0.4) is 0 Å². The van der Waals surface area contributed by atoms with Crippen LogP contribution in [0.1, 0.15) is 13.8 Å². The molecule has 1 amide bonds. The summed E-state index contributed by atoms with van der Waals surface area (Å²) in [5, 5.41) is 6.13. The first-order valence-electron chi connectivity index (χ1n) is 8.94. The molecule has 0 radical (unpaired) electrons. The number of amides is 1. The van der Waals surface area contributed by atoms with Crippen molar-refractivity contribution in [2.45, 2.75) is 19.9 Å². The Balaban J connectivity index is 2.24. The highest BCUT2D eigenvalue weighted by atomic mass is 32.2. The summed E-state index contributed by atoms with van der Waals surface area (Å²) in [6.45, 7) is 8.72. The molecular weight excluding hydrogens is 358 g/mol. The molecule has 0 atom stereocenters. The van der Waals surface area contributed by atoms with Gasteiger partial charge in [-0.3, -0.25) is 14.7 Å². The number of sulfone groups is 1. The van der Waals surface area contributed by atoms with Crippen molar-refractivity contribution in [1.29, 1.82) is 0 Å². The minimum absolute atomic E-state index is 0.0358. The van der Waals surface area contributed by atoms with Gasteiger partial charge in [0, 0.05) is 52.1 Å². The van der Waals surface area contributed by atoms with Crippen molar-refractivity contribution in [3.63, 3.8) is 0 Å². The van der Waals surface area contributed by atoms with Crippen LogP contribution in [0.2, 0.25) is 0 Å². The number of hydrogen-bond acceptors (Lipinski definition) is 6. The van der Waals surface area contributed by atoms with Crippen molar-refractivity contribution < 1.29 is 17.9 Å². The molecule has 9 nitrogen and oxygen atoms in total. The van der Waals surface area contributed by atoms with E-state index >= 15 is 0 Å².